The van der Waals surface area contributed by atoms with Crippen molar-refractivity contribution in [3.8, 4) is 0 Å². The summed E-state index contributed by atoms with van der Waals surface area (Å²) in [5.41, 5.74) is 2.12. The van der Waals surface area contributed by atoms with Crippen molar-refractivity contribution in [2.45, 2.75) is 19.0 Å². The molecule has 0 aliphatic carbocycles. The smallest absolute Gasteiger partial charge is 0.315 e. The SMILES string of the molecule is O=C(NCc1c(Cl)cccc1Cl)N[C@@H](Cc1ccccc1)C(=O)Nc1ccncc1. The number of benzene rings is 2. The highest BCUT2D eigenvalue weighted by Gasteiger charge is 2.21. The molecule has 8 heteroatoms. The van der Waals surface area contributed by atoms with Crippen molar-refractivity contribution >= 4 is 40.8 Å². The first-order valence-electron chi connectivity index (χ1n) is 9.25. The van der Waals surface area contributed by atoms with Gasteiger partial charge in [0.05, 0.1) is 0 Å². The van der Waals surface area contributed by atoms with Crippen LogP contribution in [0.5, 0.6) is 0 Å². The predicted molar refractivity (Wildman–Crippen MR) is 119 cm³/mol. The molecule has 0 fully saturated rings. The number of carbonyl (C=O) groups excluding carboxylic acids is 2. The first kappa shape index (κ1) is 21.6. The summed E-state index contributed by atoms with van der Waals surface area (Å²) in [4.78, 5) is 29.2. The van der Waals surface area contributed by atoms with Gasteiger partial charge in [0.2, 0.25) is 5.91 Å². The van der Waals surface area contributed by atoms with Crippen LogP contribution in [0.15, 0.2) is 73.1 Å². The molecular weight excluding hydrogens is 423 g/mol. The van der Waals surface area contributed by atoms with Crippen molar-refractivity contribution in [1.29, 1.82) is 0 Å². The number of urea groups is 1. The zero-order chi connectivity index (χ0) is 21.3. The van der Waals surface area contributed by atoms with Crippen molar-refractivity contribution in [2.24, 2.45) is 0 Å². The lowest BCUT2D eigenvalue weighted by molar-refractivity contribution is -0.117. The number of carbonyl (C=O) groups is 2. The molecular formula is C22H20Cl2N4O2. The Labute approximate surface area is 184 Å². The van der Waals surface area contributed by atoms with Gasteiger partial charge in [0.15, 0.2) is 0 Å². The molecule has 0 aliphatic heterocycles. The van der Waals surface area contributed by atoms with Crippen LogP contribution in [-0.4, -0.2) is 23.0 Å². The number of nitrogens with zero attached hydrogens (tertiary/aromatic N) is 1. The lowest BCUT2D eigenvalue weighted by atomic mass is 10.1. The summed E-state index contributed by atoms with van der Waals surface area (Å²) in [6.45, 7) is 0.133. The van der Waals surface area contributed by atoms with Gasteiger partial charge < -0.3 is 16.0 Å². The third kappa shape index (κ3) is 6.20. The van der Waals surface area contributed by atoms with E-state index < -0.39 is 12.1 Å². The number of pyridine rings is 1. The van der Waals surface area contributed by atoms with Gasteiger partial charge >= 0.3 is 6.03 Å². The Kier molecular flexibility index (Phi) is 7.65. The standard InChI is InChI=1S/C22H20Cl2N4O2/c23-18-7-4-8-19(24)17(18)14-26-22(30)28-20(13-15-5-2-1-3-6-15)21(29)27-16-9-11-25-12-10-16/h1-12,20H,13-14H2,(H,25,27,29)(H2,26,28,30)/t20-/m0/s1. The second-order valence-corrected chi connectivity index (χ2v) is 7.31. The van der Waals surface area contributed by atoms with E-state index in [-0.39, 0.29) is 12.5 Å². The number of aromatic nitrogens is 1. The van der Waals surface area contributed by atoms with Crippen LogP contribution in [-0.2, 0) is 17.8 Å². The Bertz CT molecular complexity index is 980. The highest BCUT2D eigenvalue weighted by Crippen LogP contribution is 2.23. The molecule has 1 heterocycles. The monoisotopic (exact) mass is 442 g/mol. The van der Waals surface area contributed by atoms with E-state index in [1.807, 2.05) is 30.3 Å². The Morgan fingerprint density at radius 2 is 1.57 bits per heavy atom. The van der Waals surface area contributed by atoms with Gasteiger partial charge in [0.25, 0.3) is 0 Å². The third-order valence-corrected chi connectivity index (χ3v) is 5.05. The average Bonchev–Trinajstić information content (AvgIpc) is 2.74. The van der Waals surface area contributed by atoms with E-state index in [1.165, 1.54) is 0 Å². The molecule has 6 nitrogen and oxygen atoms in total. The molecule has 154 valence electrons. The zero-order valence-electron chi connectivity index (χ0n) is 15.9. The lowest BCUT2D eigenvalue weighted by Crippen LogP contribution is -2.49. The maximum atomic E-state index is 12.8. The summed E-state index contributed by atoms with van der Waals surface area (Å²) in [5, 5.41) is 9.15. The summed E-state index contributed by atoms with van der Waals surface area (Å²) in [6.07, 6.45) is 3.49. The van der Waals surface area contributed by atoms with Gasteiger partial charge in [0, 0.05) is 46.7 Å². The molecule has 0 saturated carbocycles. The normalized spacial score (nSPS) is 11.4. The maximum Gasteiger partial charge on any atom is 0.315 e. The Hall–Kier alpha value is -3.09. The van der Waals surface area contributed by atoms with E-state index in [0.29, 0.717) is 27.7 Å². The van der Waals surface area contributed by atoms with Gasteiger partial charge in [-0.1, -0.05) is 59.6 Å². The second-order valence-electron chi connectivity index (χ2n) is 6.49. The van der Waals surface area contributed by atoms with Crippen molar-refractivity contribution in [2.75, 3.05) is 5.32 Å². The molecule has 30 heavy (non-hydrogen) atoms. The van der Waals surface area contributed by atoms with Gasteiger partial charge in [-0.3, -0.25) is 9.78 Å². The number of halogens is 2. The van der Waals surface area contributed by atoms with Crippen molar-refractivity contribution in [1.82, 2.24) is 15.6 Å². The maximum absolute atomic E-state index is 12.8. The topological polar surface area (TPSA) is 83.1 Å². The first-order chi connectivity index (χ1) is 14.5. The van der Waals surface area contributed by atoms with E-state index in [0.717, 1.165) is 5.56 Å². The molecule has 3 amide bonds. The molecule has 0 saturated heterocycles. The lowest BCUT2D eigenvalue weighted by Gasteiger charge is -2.19. The molecule has 3 rings (SSSR count). The fourth-order valence-electron chi connectivity index (χ4n) is 2.80. The number of nitrogens with one attached hydrogen (secondary N) is 3. The molecule has 1 atom stereocenters. The summed E-state index contributed by atoms with van der Waals surface area (Å²) < 4.78 is 0. The van der Waals surface area contributed by atoms with Crippen LogP contribution in [0.25, 0.3) is 0 Å². The minimum absolute atomic E-state index is 0.133. The van der Waals surface area contributed by atoms with Crippen LogP contribution in [0.4, 0.5) is 10.5 Å². The molecule has 0 radical (unpaired) electrons. The molecule has 0 bridgehead atoms. The molecule has 2 aromatic carbocycles. The van der Waals surface area contributed by atoms with Crippen LogP contribution < -0.4 is 16.0 Å². The van der Waals surface area contributed by atoms with Crippen molar-refractivity contribution < 1.29 is 9.59 Å². The van der Waals surface area contributed by atoms with Crippen LogP contribution in [0.1, 0.15) is 11.1 Å². The molecule has 0 unspecified atom stereocenters. The van der Waals surface area contributed by atoms with Gasteiger partial charge in [-0.15, -0.1) is 0 Å². The summed E-state index contributed by atoms with van der Waals surface area (Å²) >= 11 is 12.3. The van der Waals surface area contributed by atoms with E-state index in [2.05, 4.69) is 20.9 Å². The van der Waals surface area contributed by atoms with E-state index in [4.69, 9.17) is 23.2 Å². The van der Waals surface area contributed by atoms with Crippen LogP contribution in [0.2, 0.25) is 10.0 Å². The fourth-order valence-corrected chi connectivity index (χ4v) is 3.33. The van der Waals surface area contributed by atoms with Crippen LogP contribution in [0.3, 0.4) is 0 Å². The van der Waals surface area contributed by atoms with E-state index in [1.54, 1.807) is 42.7 Å². The Balaban J connectivity index is 1.68. The second kappa shape index (κ2) is 10.6. The minimum atomic E-state index is -0.790. The first-order valence-corrected chi connectivity index (χ1v) is 10.0. The van der Waals surface area contributed by atoms with Gasteiger partial charge in [0.1, 0.15) is 6.04 Å². The molecule has 3 aromatic rings. The van der Waals surface area contributed by atoms with E-state index in [9.17, 15) is 9.59 Å². The predicted octanol–water partition coefficient (Wildman–Crippen LogP) is 4.44. The molecule has 3 N–H and O–H groups in total. The van der Waals surface area contributed by atoms with Crippen molar-refractivity contribution in [3.05, 3.63) is 94.2 Å². The fraction of sp³-hybridized carbons (Fsp3) is 0.136. The number of rotatable bonds is 7. The number of amides is 3. The third-order valence-electron chi connectivity index (χ3n) is 4.34. The van der Waals surface area contributed by atoms with Crippen LogP contribution >= 0.6 is 23.2 Å². The molecule has 1 aromatic heterocycles. The highest BCUT2D eigenvalue weighted by atomic mass is 35.5. The van der Waals surface area contributed by atoms with Gasteiger partial charge in [-0.25, -0.2) is 4.79 Å². The Morgan fingerprint density at radius 3 is 2.23 bits per heavy atom. The summed E-state index contributed by atoms with van der Waals surface area (Å²) in [6, 6.07) is 16.6. The highest BCUT2D eigenvalue weighted by molar-refractivity contribution is 6.36. The number of hydrogen-bond acceptors (Lipinski definition) is 3. The zero-order valence-corrected chi connectivity index (χ0v) is 17.5. The Morgan fingerprint density at radius 1 is 0.900 bits per heavy atom. The summed E-state index contributed by atoms with van der Waals surface area (Å²) in [7, 11) is 0. The largest absolute Gasteiger partial charge is 0.334 e. The van der Waals surface area contributed by atoms with Gasteiger partial charge in [-0.2, -0.15) is 0 Å². The number of hydrogen-bond donors (Lipinski definition) is 3. The molecule has 0 spiro atoms. The van der Waals surface area contributed by atoms with Crippen LogP contribution in [0, 0.1) is 0 Å². The quantitative estimate of drug-likeness (QED) is 0.505. The number of anilines is 1. The summed E-state index contributed by atoms with van der Waals surface area (Å²) in [5.74, 6) is -0.337. The van der Waals surface area contributed by atoms with E-state index >= 15 is 0 Å². The average molecular weight is 443 g/mol. The van der Waals surface area contributed by atoms with Gasteiger partial charge in [-0.05, 0) is 29.8 Å². The molecule has 0 aliphatic rings. The minimum Gasteiger partial charge on any atom is -0.334 e. The van der Waals surface area contributed by atoms with Crippen molar-refractivity contribution in [3.63, 3.8) is 0 Å².